The first-order valence-corrected chi connectivity index (χ1v) is 13.6. The molecule has 6 rings (SSSR count). The van der Waals surface area contributed by atoms with E-state index in [0.29, 0.717) is 48.2 Å². The first kappa shape index (κ1) is 27.3. The third-order valence-corrected chi connectivity index (χ3v) is 7.05. The third kappa shape index (κ3) is 5.92. The fourth-order valence-corrected chi connectivity index (χ4v) is 4.90. The van der Waals surface area contributed by atoms with Crippen LogP contribution in [0, 0.1) is 5.82 Å². The lowest BCUT2D eigenvalue weighted by Gasteiger charge is -2.16. The van der Waals surface area contributed by atoms with Crippen LogP contribution in [0.4, 0.5) is 15.8 Å². The van der Waals surface area contributed by atoms with Gasteiger partial charge in [0.15, 0.2) is 0 Å². The zero-order chi connectivity index (χ0) is 29.1. The van der Waals surface area contributed by atoms with Crippen molar-refractivity contribution in [1.29, 1.82) is 0 Å². The number of aromatic nitrogens is 4. The van der Waals surface area contributed by atoms with Crippen molar-refractivity contribution in [2.75, 3.05) is 16.9 Å². The molecule has 1 aliphatic heterocycles. The Morgan fingerprint density at radius 3 is 2.69 bits per heavy atom. The monoisotopic (exact) mass is 585 g/mol. The topological polar surface area (TPSA) is 114 Å². The van der Waals surface area contributed by atoms with Crippen LogP contribution in [-0.4, -0.2) is 38.2 Å². The Hall–Kier alpha value is -4.87. The van der Waals surface area contributed by atoms with Crippen molar-refractivity contribution in [3.63, 3.8) is 0 Å². The number of ketones is 1. The van der Waals surface area contributed by atoms with Crippen LogP contribution in [0.5, 0.6) is 5.75 Å². The second-order valence-corrected chi connectivity index (χ2v) is 10.1. The smallest absolute Gasteiger partial charge is 0.299 e. The molecule has 1 amide bonds. The van der Waals surface area contributed by atoms with Gasteiger partial charge in [-0.1, -0.05) is 28.9 Å². The second kappa shape index (κ2) is 11.9. The van der Waals surface area contributed by atoms with Gasteiger partial charge < -0.3 is 15.1 Å². The summed E-state index contributed by atoms with van der Waals surface area (Å²) in [5.74, 6) is -1.17. The molecule has 1 aliphatic rings. The lowest BCUT2D eigenvalue weighted by atomic mass is 10.1. The van der Waals surface area contributed by atoms with Crippen LogP contribution < -0.4 is 20.5 Å². The van der Waals surface area contributed by atoms with Crippen molar-refractivity contribution in [3.05, 3.63) is 107 Å². The number of rotatable bonds is 11. The Morgan fingerprint density at radius 2 is 1.83 bits per heavy atom. The molecule has 0 fully saturated rings. The zero-order valence-electron chi connectivity index (χ0n) is 22.3. The molecule has 0 radical (unpaired) electrons. The number of aryl methyl sites for hydroxylation is 1. The summed E-state index contributed by atoms with van der Waals surface area (Å²) < 4.78 is 21.0. The van der Waals surface area contributed by atoms with E-state index < -0.39 is 17.5 Å². The van der Waals surface area contributed by atoms with E-state index in [1.807, 2.05) is 48.5 Å². The molecule has 12 heteroatoms. The van der Waals surface area contributed by atoms with E-state index in [9.17, 15) is 14.0 Å². The lowest BCUT2D eigenvalue weighted by molar-refractivity contribution is -0.114. The first-order valence-electron chi connectivity index (χ1n) is 13.2. The molecule has 3 aromatic carbocycles. The molecule has 0 atom stereocenters. The highest BCUT2D eigenvalue weighted by Gasteiger charge is 2.35. The van der Waals surface area contributed by atoms with Crippen molar-refractivity contribution in [2.24, 2.45) is 0 Å². The Kier molecular flexibility index (Phi) is 7.76. The van der Waals surface area contributed by atoms with Gasteiger partial charge in [0.2, 0.25) is 0 Å². The molecule has 0 spiro atoms. The van der Waals surface area contributed by atoms with Gasteiger partial charge in [0.25, 0.3) is 11.7 Å². The van der Waals surface area contributed by atoms with Crippen LogP contribution in [0.15, 0.2) is 79.1 Å². The molecule has 10 nitrogen and oxygen atoms in total. The predicted octanol–water partition coefficient (Wildman–Crippen LogP) is 4.93. The van der Waals surface area contributed by atoms with E-state index in [-0.39, 0.29) is 12.2 Å². The van der Waals surface area contributed by atoms with Crippen LogP contribution in [0.3, 0.4) is 0 Å². The fraction of sp³-hybridized carbons (Fsp3) is 0.167. The number of carbonyl (C=O) groups is 2. The summed E-state index contributed by atoms with van der Waals surface area (Å²) in [6.45, 7) is 1.63. The SMILES string of the molecule is O=C1C(=O)N(CCCn2cc(COc3ccc(CNNc4ccnc5cc(Cl)ccc45)cc3)nn2)c2ccc(F)cc21. The summed E-state index contributed by atoms with van der Waals surface area (Å²) in [6.07, 6.45) is 4.05. The van der Waals surface area contributed by atoms with Crippen LogP contribution in [0.2, 0.25) is 5.02 Å². The van der Waals surface area contributed by atoms with E-state index in [0.717, 1.165) is 28.2 Å². The van der Waals surface area contributed by atoms with Crippen molar-refractivity contribution < 1.29 is 18.7 Å². The minimum Gasteiger partial charge on any atom is -0.487 e. The Labute approximate surface area is 245 Å². The van der Waals surface area contributed by atoms with Crippen molar-refractivity contribution in [3.8, 4) is 5.75 Å². The largest absolute Gasteiger partial charge is 0.487 e. The number of fused-ring (bicyclic) bond motifs is 2. The number of ether oxygens (including phenoxy) is 1. The standard InChI is InChI=1S/C30H25ClFN7O3/c31-20-4-8-24-26(10-11-33-27(24)14-20)36-34-16-19-2-6-23(7-3-19)42-18-22-17-38(37-35-22)12-1-13-39-28-9-5-21(32)15-25(28)29(40)30(39)41/h2-11,14-15,17,34H,1,12-13,16,18H2,(H,33,36). The van der Waals surface area contributed by atoms with Gasteiger partial charge >= 0.3 is 0 Å². The van der Waals surface area contributed by atoms with Crippen molar-refractivity contribution in [1.82, 2.24) is 25.4 Å². The summed E-state index contributed by atoms with van der Waals surface area (Å²) in [5, 5.41) is 9.88. The van der Waals surface area contributed by atoms with Gasteiger partial charge in [0.1, 0.15) is 23.9 Å². The Morgan fingerprint density at radius 1 is 0.976 bits per heavy atom. The molecule has 42 heavy (non-hydrogen) atoms. The summed E-state index contributed by atoms with van der Waals surface area (Å²) in [5.41, 5.74) is 10.4. The molecule has 5 aromatic rings. The van der Waals surface area contributed by atoms with Crippen molar-refractivity contribution in [2.45, 2.75) is 26.1 Å². The van der Waals surface area contributed by atoms with Crippen molar-refractivity contribution >= 4 is 45.6 Å². The maximum absolute atomic E-state index is 13.5. The van der Waals surface area contributed by atoms with Gasteiger partial charge in [-0.05, 0) is 66.6 Å². The quantitative estimate of drug-likeness (QED) is 0.166. The van der Waals surface area contributed by atoms with E-state index in [2.05, 4.69) is 26.1 Å². The molecular weight excluding hydrogens is 561 g/mol. The van der Waals surface area contributed by atoms with Gasteiger partial charge in [-0.3, -0.25) is 19.3 Å². The minimum atomic E-state index is -0.685. The fourth-order valence-electron chi connectivity index (χ4n) is 4.73. The van der Waals surface area contributed by atoms with E-state index >= 15 is 0 Å². The number of Topliss-reactive ketones (excluding diaryl/α,β-unsaturated/α-hetero) is 1. The number of pyridine rings is 1. The molecule has 2 N–H and O–H groups in total. The number of carbonyl (C=O) groups excluding carboxylic acids is 2. The Balaban J connectivity index is 0.951. The molecule has 2 aromatic heterocycles. The second-order valence-electron chi connectivity index (χ2n) is 9.71. The summed E-state index contributed by atoms with van der Waals surface area (Å²) in [6, 6.07) is 19.0. The molecule has 0 unspecified atom stereocenters. The Bertz CT molecular complexity index is 1780. The maximum atomic E-state index is 13.5. The average Bonchev–Trinajstić information content (AvgIpc) is 3.54. The number of benzene rings is 3. The van der Waals surface area contributed by atoms with Gasteiger partial charge in [-0.2, -0.15) is 0 Å². The molecular formula is C30H25ClFN7O3. The maximum Gasteiger partial charge on any atom is 0.299 e. The highest BCUT2D eigenvalue weighted by atomic mass is 35.5. The first-order chi connectivity index (χ1) is 20.4. The molecule has 0 bridgehead atoms. The molecule has 212 valence electrons. The molecule has 0 saturated heterocycles. The third-order valence-electron chi connectivity index (χ3n) is 6.82. The highest BCUT2D eigenvalue weighted by Crippen LogP contribution is 2.29. The van der Waals surface area contributed by atoms with E-state index in [4.69, 9.17) is 16.3 Å². The summed E-state index contributed by atoms with van der Waals surface area (Å²) >= 11 is 6.07. The van der Waals surface area contributed by atoms with Crippen LogP contribution in [0.25, 0.3) is 10.9 Å². The molecule has 0 aliphatic carbocycles. The average molecular weight is 586 g/mol. The summed E-state index contributed by atoms with van der Waals surface area (Å²) in [7, 11) is 0. The number of halogens is 2. The number of nitrogens with zero attached hydrogens (tertiary/aromatic N) is 5. The van der Waals surface area contributed by atoms with Crippen LogP contribution >= 0.6 is 11.6 Å². The molecule has 0 saturated carbocycles. The van der Waals surface area contributed by atoms with Gasteiger partial charge in [-0.25, -0.2) is 9.82 Å². The number of hydrogen-bond acceptors (Lipinski definition) is 8. The number of hydrazine groups is 1. The number of hydrogen-bond donors (Lipinski definition) is 2. The van der Waals surface area contributed by atoms with E-state index in [1.54, 1.807) is 17.1 Å². The molecule has 3 heterocycles. The van der Waals surface area contributed by atoms with Crippen LogP contribution in [-0.2, 0) is 24.5 Å². The predicted molar refractivity (Wildman–Crippen MR) is 156 cm³/mol. The summed E-state index contributed by atoms with van der Waals surface area (Å²) in [4.78, 5) is 30.2. The number of nitrogens with one attached hydrogen (secondary N) is 2. The van der Waals surface area contributed by atoms with Crippen LogP contribution in [0.1, 0.15) is 28.0 Å². The lowest BCUT2D eigenvalue weighted by Crippen LogP contribution is -2.31. The zero-order valence-corrected chi connectivity index (χ0v) is 23.0. The van der Waals surface area contributed by atoms with Gasteiger partial charge in [0, 0.05) is 36.2 Å². The highest BCUT2D eigenvalue weighted by molar-refractivity contribution is 6.52. The minimum absolute atomic E-state index is 0.103. The van der Waals surface area contributed by atoms with E-state index in [1.165, 1.54) is 17.0 Å². The van der Waals surface area contributed by atoms with Gasteiger partial charge in [0.05, 0.1) is 28.7 Å². The van der Waals surface area contributed by atoms with Gasteiger partial charge in [-0.15, -0.1) is 5.10 Å². The number of amides is 1. The number of anilines is 2. The normalized spacial score (nSPS) is 12.7.